The quantitative estimate of drug-likeness (QED) is 0.405. The molecule has 0 aliphatic carbocycles. The van der Waals surface area contributed by atoms with Gasteiger partial charge in [-0.05, 0) is 7.05 Å². The van der Waals surface area contributed by atoms with Gasteiger partial charge in [0.1, 0.15) is 6.61 Å². The average molecular weight is 465 g/mol. The fourth-order valence-electron chi connectivity index (χ4n) is 3.34. The minimum absolute atomic E-state index is 0.0710. The Morgan fingerprint density at radius 3 is 2.30 bits per heavy atom. The van der Waals surface area contributed by atoms with Crippen LogP contribution in [0.25, 0.3) is 0 Å². The highest BCUT2D eigenvalue weighted by Crippen LogP contribution is 2.21. The molecule has 176 valence electrons. The summed E-state index contributed by atoms with van der Waals surface area (Å²) in [6, 6.07) is 1.94. The Morgan fingerprint density at radius 2 is 1.64 bits per heavy atom. The molecule has 1 aliphatic rings. The van der Waals surface area contributed by atoms with Crippen molar-refractivity contribution in [3.8, 4) is 5.75 Å². The third kappa shape index (κ3) is 5.76. The van der Waals surface area contributed by atoms with Gasteiger partial charge >= 0.3 is 0 Å². The predicted octanol–water partition coefficient (Wildman–Crippen LogP) is 2.80. The van der Waals surface area contributed by atoms with E-state index in [4.69, 9.17) is 4.74 Å². The van der Waals surface area contributed by atoms with Crippen LogP contribution in [0, 0.1) is 23.3 Å². The normalized spacial score (nSPS) is 15.1. The highest BCUT2D eigenvalue weighted by molar-refractivity contribution is 5.46. The topological polar surface area (TPSA) is 71.3 Å². The predicted molar refractivity (Wildman–Crippen MR) is 112 cm³/mol. The van der Waals surface area contributed by atoms with Crippen LogP contribution in [0.4, 0.5) is 29.3 Å². The van der Waals surface area contributed by atoms with E-state index in [0.717, 1.165) is 39.3 Å². The number of ether oxygens (including phenoxy) is 1. The standard InChI is InChI=1S/C21H23F4N7O/c1-30-4-6-31(7-5-30)8-9-32-3-2-18(29-32)28-21-26-11-14(12-27-21)33-13-15-19(24)16(22)10-17(23)20(15)25/h2-3,10-12H,4-9,13H2,1H3,(H,26,27,28,29). The Hall–Kier alpha value is -3.25. The van der Waals surface area contributed by atoms with Gasteiger partial charge in [-0.15, -0.1) is 0 Å². The maximum absolute atomic E-state index is 13.7. The van der Waals surface area contributed by atoms with Crippen LogP contribution in [-0.4, -0.2) is 69.3 Å². The third-order valence-electron chi connectivity index (χ3n) is 5.34. The van der Waals surface area contributed by atoms with E-state index in [1.165, 1.54) is 12.4 Å². The van der Waals surface area contributed by atoms with Gasteiger partial charge in [0.25, 0.3) is 0 Å². The van der Waals surface area contributed by atoms with E-state index in [-0.39, 0.29) is 17.8 Å². The van der Waals surface area contributed by atoms with Gasteiger partial charge < -0.3 is 15.0 Å². The fraction of sp³-hybridized carbons (Fsp3) is 0.381. The summed E-state index contributed by atoms with van der Waals surface area (Å²) in [7, 11) is 2.12. The van der Waals surface area contributed by atoms with E-state index in [2.05, 4.69) is 37.2 Å². The van der Waals surface area contributed by atoms with Crippen molar-refractivity contribution in [3.05, 3.63) is 59.6 Å². The molecule has 1 aromatic carbocycles. The molecule has 2 aromatic heterocycles. The van der Waals surface area contributed by atoms with Crippen LogP contribution in [-0.2, 0) is 13.2 Å². The number of aromatic nitrogens is 4. The van der Waals surface area contributed by atoms with E-state index in [1.54, 1.807) is 6.07 Å². The lowest BCUT2D eigenvalue weighted by atomic mass is 10.2. The third-order valence-corrected chi connectivity index (χ3v) is 5.34. The molecule has 0 bridgehead atoms. The molecule has 0 unspecified atom stereocenters. The molecule has 4 rings (SSSR count). The summed E-state index contributed by atoms with van der Waals surface area (Å²) in [4.78, 5) is 12.8. The SMILES string of the molecule is CN1CCN(CCn2ccc(Nc3ncc(OCc4c(F)c(F)cc(F)c4F)cn3)n2)CC1. The Morgan fingerprint density at radius 1 is 0.970 bits per heavy atom. The van der Waals surface area contributed by atoms with E-state index in [9.17, 15) is 17.6 Å². The second kappa shape index (κ2) is 10.1. The number of benzene rings is 1. The van der Waals surface area contributed by atoms with Gasteiger partial charge in [-0.2, -0.15) is 5.10 Å². The number of anilines is 2. The number of halogens is 4. The summed E-state index contributed by atoms with van der Waals surface area (Å²) in [5.41, 5.74) is -0.850. The van der Waals surface area contributed by atoms with Crippen LogP contribution in [0.15, 0.2) is 30.7 Å². The molecule has 3 heterocycles. The highest BCUT2D eigenvalue weighted by atomic mass is 19.2. The van der Waals surface area contributed by atoms with Crippen LogP contribution >= 0.6 is 0 Å². The highest BCUT2D eigenvalue weighted by Gasteiger charge is 2.19. The molecule has 0 saturated carbocycles. The molecule has 1 aliphatic heterocycles. The molecule has 3 aromatic rings. The molecular weight excluding hydrogens is 442 g/mol. The summed E-state index contributed by atoms with van der Waals surface area (Å²) in [5, 5.41) is 7.40. The first-order valence-electron chi connectivity index (χ1n) is 10.4. The van der Waals surface area contributed by atoms with Crippen LogP contribution in [0.5, 0.6) is 5.75 Å². The van der Waals surface area contributed by atoms with Crippen molar-refractivity contribution in [1.82, 2.24) is 29.5 Å². The lowest BCUT2D eigenvalue weighted by Crippen LogP contribution is -2.45. The Balaban J connectivity index is 1.29. The Kier molecular flexibility index (Phi) is 7.04. The summed E-state index contributed by atoms with van der Waals surface area (Å²) in [6.07, 6.45) is 4.40. The number of nitrogens with one attached hydrogen (secondary N) is 1. The summed E-state index contributed by atoms with van der Waals surface area (Å²) in [5.74, 6) is -5.13. The van der Waals surface area contributed by atoms with Crippen molar-refractivity contribution in [3.63, 3.8) is 0 Å². The molecule has 0 atom stereocenters. The van der Waals surface area contributed by atoms with Gasteiger partial charge in [-0.1, -0.05) is 0 Å². The number of hydrogen-bond donors (Lipinski definition) is 1. The van der Waals surface area contributed by atoms with Crippen molar-refractivity contribution >= 4 is 11.8 Å². The van der Waals surface area contributed by atoms with E-state index in [1.807, 2.05) is 10.9 Å². The molecule has 0 radical (unpaired) electrons. The van der Waals surface area contributed by atoms with Crippen LogP contribution in [0.1, 0.15) is 5.56 Å². The van der Waals surface area contributed by atoms with Crippen molar-refractivity contribution in [1.29, 1.82) is 0 Å². The second-order valence-corrected chi connectivity index (χ2v) is 7.71. The lowest BCUT2D eigenvalue weighted by molar-refractivity contribution is 0.149. The first kappa shape index (κ1) is 22.9. The smallest absolute Gasteiger partial charge is 0.228 e. The monoisotopic (exact) mass is 465 g/mol. The summed E-state index contributed by atoms with van der Waals surface area (Å²) in [6.45, 7) is 5.15. The molecule has 1 saturated heterocycles. The zero-order valence-electron chi connectivity index (χ0n) is 17.9. The van der Waals surface area contributed by atoms with E-state index in [0.29, 0.717) is 5.82 Å². The molecule has 1 N–H and O–H groups in total. The minimum atomic E-state index is -1.50. The molecule has 1 fully saturated rings. The number of rotatable bonds is 8. The fourth-order valence-corrected chi connectivity index (χ4v) is 3.34. The van der Waals surface area contributed by atoms with Crippen molar-refractivity contribution < 1.29 is 22.3 Å². The summed E-state index contributed by atoms with van der Waals surface area (Å²) < 4.78 is 61.0. The number of nitrogens with zero attached hydrogens (tertiary/aromatic N) is 6. The van der Waals surface area contributed by atoms with Gasteiger partial charge in [0.05, 0.1) is 24.5 Å². The van der Waals surface area contributed by atoms with E-state index >= 15 is 0 Å². The zero-order valence-corrected chi connectivity index (χ0v) is 17.9. The van der Waals surface area contributed by atoms with Crippen molar-refractivity contribution in [2.75, 3.05) is 45.1 Å². The van der Waals surface area contributed by atoms with Gasteiger partial charge in [0, 0.05) is 51.1 Å². The van der Waals surface area contributed by atoms with E-state index < -0.39 is 35.4 Å². The molecule has 0 amide bonds. The lowest BCUT2D eigenvalue weighted by Gasteiger charge is -2.32. The molecule has 0 spiro atoms. The average Bonchev–Trinajstić information content (AvgIpc) is 3.26. The maximum Gasteiger partial charge on any atom is 0.228 e. The maximum atomic E-state index is 13.7. The summed E-state index contributed by atoms with van der Waals surface area (Å²) >= 11 is 0. The van der Waals surface area contributed by atoms with Crippen LogP contribution in [0.3, 0.4) is 0 Å². The van der Waals surface area contributed by atoms with Gasteiger partial charge in [-0.3, -0.25) is 9.58 Å². The molecule has 8 nitrogen and oxygen atoms in total. The van der Waals surface area contributed by atoms with Gasteiger partial charge in [0.15, 0.2) is 34.8 Å². The van der Waals surface area contributed by atoms with Crippen molar-refractivity contribution in [2.45, 2.75) is 13.2 Å². The van der Waals surface area contributed by atoms with Gasteiger partial charge in [0.2, 0.25) is 5.95 Å². The first-order chi connectivity index (χ1) is 15.9. The second-order valence-electron chi connectivity index (χ2n) is 7.71. The van der Waals surface area contributed by atoms with Gasteiger partial charge in [-0.25, -0.2) is 27.5 Å². The molecule has 12 heteroatoms. The Labute approximate surface area is 187 Å². The molecule has 33 heavy (non-hydrogen) atoms. The first-order valence-corrected chi connectivity index (χ1v) is 10.4. The number of piperazine rings is 1. The number of likely N-dealkylation sites (N-methyl/N-ethyl adjacent to an activating group) is 1. The van der Waals surface area contributed by atoms with Crippen LogP contribution < -0.4 is 10.1 Å². The van der Waals surface area contributed by atoms with Crippen LogP contribution in [0.2, 0.25) is 0 Å². The van der Waals surface area contributed by atoms with Crippen molar-refractivity contribution in [2.24, 2.45) is 0 Å². The zero-order chi connectivity index (χ0) is 23.4. The Bertz CT molecular complexity index is 1060. The molecular formula is C21H23F4N7O. The largest absolute Gasteiger partial charge is 0.485 e. The number of hydrogen-bond acceptors (Lipinski definition) is 7. The minimum Gasteiger partial charge on any atom is -0.485 e.